The summed E-state index contributed by atoms with van der Waals surface area (Å²) in [6.07, 6.45) is 3.09. The molecule has 0 fully saturated rings. The predicted molar refractivity (Wildman–Crippen MR) is 93.1 cm³/mol. The fourth-order valence-electron chi connectivity index (χ4n) is 2.63. The van der Waals surface area contributed by atoms with Gasteiger partial charge in [-0.05, 0) is 36.6 Å². The minimum atomic E-state index is -0.0660. The summed E-state index contributed by atoms with van der Waals surface area (Å²) in [6.45, 7) is 5.39. The molecule has 23 heavy (non-hydrogen) atoms. The van der Waals surface area contributed by atoms with Crippen LogP contribution in [0.4, 0.5) is 5.69 Å². The largest absolute Gasteiger partial charge is 0.486 e. The van der Waals surface area contributed by atoms with Crippen molar-refractivity contribution in [3.05, 3.63) is 39.6 Å². The minimum absolute atomic E-state index is 0.0660. The summed E-state index contributed by atoms with van der Waals surface area (Å²) in [5.74, 6) is 1.34. The van der Waals surface area contributed by atoms with Crippen LogP contribution in [0, 0.1) is 0 Å². The lowest BCUT2D eigenvalue weighted by Crippen LogP contribution is -2.16. The van der Waals surface area contributed by atoms with Gasteiger partial charge in [-0.25, -0.2) is 0 Å². The topological polar surface area (TPSA) is 47.6 Å². The highest BCUT2D eigenvalue weighted by molar-refractivity contribution is 7.14. The van der Waals surface area contributed by atoms with Gasteiger partial charge in [0, 0.05) is 16.6 Å². The van der Waals surface area contributed by atoms with Crippen LogP contribution in [0.5, 0.6) is 11.5 Å². The molecule has 2 aromatic rings. The second-order valence-corrected chi connectivity index (χ2v) is 6.61. The van der Waals surface area contributed by atoms with Crippen molar-refractivity contribution in [1.82, 2.24) is 0 Å². The molecule has 0 saturated carbocycles. The standard InChI is InChI=1S/C18H21NO3S/c1-3-5-16-12(4-2)10-17(23-16)18(20)19-13-6-7-14-15(11-13)22-9-8-21-14/h6-7,10-11H,3-5,8-9H2,1-2H3,(H,19,20). The van der Waals surface area contributed by atoms with Crippen LogP contribution in [0.3, 0.4) is 0 Å². The highest BCUT2D eigenvalue weighted by atomic mass is 32.1. The van der Waals surface area contributed by atoms with Crippen LogP contribution in [0.1, 0.15) is 40.4 Å². The summed E-state index contributed by atoms with van der Waals surface area (Å²) in [5.41, 5.74) is 2.01. The van der Waals surface area contributed by atoms with Crippen LogP contribution < -0.4 is 14.8 Å². The number of hydrogen-bond donors (Lipinski definition) is 1. The number of ether oxygens (including phenoxy) is 2. The summed E-state index contributed by atoms with van der Waals surface area (Å²) >= 11 is 1.60. The van der Waals surface area contributed by atoms with Gasteiger partial charge in [-0.3, -0.25) is 4.79 Å². The molecule has 0 unspecified atom stereocenters. The first-order valence-corrected chi connectivity index (χ1v) is 8.85. The summed E-state index contributed by atoms with van der Waals surface area (Å²) in [5, 5.41) is 2.95. The molecule has 0 bridgehead atoms. The monoisotopic (exact) mass is 331 g/mol. The molecule has 4 nitrogen and oxygen atoms in total. The van der Waals surface area contributed by atoms with Crippen LogP contribution in [0.2, 0.25) is 0 Å². The zero-order valence-electron chi connectivity index (χ0n) is 13.5. The third kappa shape index (κ3) is 3.50. The van der Waals surface area contributed by atoms with Gasteiger partial charge in [-0.2, -0.15) is 0 Å². The van der Waals surface area contributed by atoms with Crippen LogP contribution in [-0.4, -0.2) is 19.1 Å². The summed E-state index contributed by atoms with van der Waals surface area (Å²) in [7, 11) is 0. The van der Waals surface area contributed by atoms with E-state index in [-0.39, 0.29) is 5.91 Å². The van der Waals surface area contributed by atoms with Crippen molar-refractivity contribution in [3.8, 4) is 11.5 Å². The van der Waals surface area contributed by atoms with E-state index in [0.717, 1.165) is 35.6 Å². The first kappa shape index (κ1) is 15.9. The number of fused-ring (bicyclic) bond motifs is 1. The Kier molecular flexibility index (Phi) is 4.86. The van der Waals surface area contributed by atoms with Crippen molar-refractivity contribution in [1.29, 1.82) is 0 Å². The molecular formula is C18H21NO3S. The number of nitrogens with one attached hydrogen (secondary N) is 1. The third-order valence-electron chi connectivity index (χ3n) is 3.78. The number of hydrogen-bond acceptors (Lipinski definition) is 4. The van der Waals surface area contributed by atoms with Crippen molar-refractivity contribution in [3.63, 3.8) is 0 Å². The lowest BCUT2D eigenvalue weighted by atomic mass is 10.1. The molecule has 0 radical (unpaired) electrons. The zero-order chi connectivity index (χ0) is 16.2. The smallest absolute Gasteiger partial charge is 0.265 e. The maximum atomic E-state index is 12.5. The number of thiophene rings is 1. The summed E-state index contributed by atoms with van der Waals surface area (Å²) in [4.78, 5) is 14.6. The van der Waals surface area contributed by atoms with Crippen molar-refractivity contribution in [2.24, 2.45) is 0 Å². The number of anilines is 1. The van der Waals surface area contributed by atoms with E-state index in [1.165, 1.54) is 10.4 Å². The predicted octanol–water partition coefficient (Wildman–Crippen LogP) is 4.29. The van der Waals surface area contributed by atoms with Crippen LogP contribution >= 0.6 is 11.3 Å². The van der Waals surface area contributed by atoms with Gasteiger partial charge >= 0.3 is 0 Å². The Morgan fingerprint density at radius 3 is 2.70 bits per heavy atom. The van der Waals surface area contributed by atoms with Crippen LogP contribution in [0.15, 0.2) is 24.3 Å². The molecule has 0 atom stereocenters. The van der Waals surface area contributed by atoms with Gasteiger partial charge in [0.25, 0.3) is 5.91 Å². The first-order valence-electron chi connectivity index (χ1n) is 8.03. The third-order valence-corrected chi connectivity index (χ3v) is 5.01. The molecule has 2 heterocycles. The van der Waals surface area contributed by atoms with E-state index in [9.17, 15) is 4.79 Å². The Hall–Kier alpha value is -2.01. The number of carbonyl (C=O) groups is 1. The van der Waals surface area contributed by atoms with Crippen molar-refractivity contribution in [2.45, 2.75) is 33.1 Å². The van der Waals surface area contributed by atoms with E-state index in [2.05, 4.69) is 19.2 Å². The second kappa shape index (κ2) is 7.04. The Labute approximate surface area is 140 Å². The highest BCUT2D eigenvalue weighted by Crippen LogP contribution is 2.33. The molecule has 0 aliphatic carbocycles. The quantitative estimate of drug-likeness (QED) is 0.889. The number of amides is 1. The molecule has 0 spiro atoms. The molecule has 1 amide bonds. The summed E-state index contributed by atoms with van der Waals surface area (Å²) < 4.78 is 11.0. The molecule has 3 rings (SSSR count). The fourth-order valence-corrected chi connectivity index (χ4v) is 3.88. The van der Waals surface area contributed by atoms with Crippen LogP contribution in [-0.2, 0) is 12.8 Å². The van der Waals surface area contributed by atoms with Gasteiger partial charge in [-0.1, -0.05) is 20.3 Å². The van der Waals surface area contributed by atoms with E-state index in [4.69, 9.17) is 9.47 Å². The van der Waals surface area contributed by atoms with Gasteiger partial charge in [0.1, 0.15) is 13.2 Å². The SMILES string of the molecule is CCCc1sc(C(=O)Nc2ccc3c(c2)OCCO3)cc1CC. The lowest BCUT2D eigenvalue weighted by molar-refractivity contribution is 0.103. The van der Waals surface area contributed by atoms with Crippen molar-refractivity contribution >= 4 is 22.9 Å². The van der Waals surface area contributed by atoms with Gasteiger partial charge in [0.2, 0.25) is 0 Å². The van der Waals surface area contributed by atoms with E-state index in [1.54, 1.807) is 11.3 Å². The summed E-state index contributed by atoms with van der Waals surface area (Å²) in [6, 6.07) is 7.50. The normalized spacial score (nSPS) is 13.0. The van der Waals surface area contributed by atoms with E-state index >= 15 is 0 Å². The molecule has 1 aromatic heterocycles. The van der Waals surface area contributed by atoms with Gasteiger partial charge in [0.15, 0.2) is 11.5 Å². The highest BCUT2D eigenvalue weighted by Gasteiger charge is 2.16. The molecule has 1 aliphatic rings. The Bertz CT molecular complexity index is 708. The fraction of sp³-hybridized carbons (Fsp3) is 0.389. The Balaban J connectivity index is 1.76. The number of rotatable bonds is 5. The van der Waals surface area contributed by atoms with Crippen LogP contribution in [0.25, 0.3) is 0 Å². The first-order chi connectivity index (χ1) is 11.2. The molecule has 0 saturated heterocycles. The molecule has 1 N–H and O–H groups in total. The lowest BCUT2D eigenvalue weighted by Gasteiger charge is -2.18. The van der Waals surface area contributed by atoms with Crippen molar-refractivity contribution in [2.75, 3.05) is 18.5 Å². The van der Waals surface area contributed by atoms with Gasteiger partial charge < -0.3 is 14.8 Å². The molecule has 122 valence electrons. The molecule has 1 aromatic carbocycles. The van der Waals surface area contributed by atoms with Crippen molar-refractivity contribution < 1.29 is 14.3 Å². The van der Waals surface area contributed by atoms with E-state index in [0.29, 0.717) is 19.0 Å². The van der Waals surface area contributed by atoms with E-state index < -0.39 is 0 Å². The Morgan fingerprint density at radius 2 is 1.96 bits per heavy atom. The maximum absolute atomic E-state index is 12.5. The molecule has 5 heteroatoms. The average molecular weight is 331 g/mol. The Morgan fingerprint density at radius 1 is 1.17 bits per heavy atom. The maximum Gasteiger partial charge on any atom is 0.265 e. The molecular weight excluding hydrogens is 310 g/mol. The van der Waals surface area contributed by atoms with Gasteiger partial charge in [0.05, 0.1) is 4.88 Å². The van der Waals surface area contributed by atoms with Gasteiger partial charge in [-0.15, -0.1) is 11.3 Å². The van der Waals surface area contributed by atoms with E-state index in [1.807, 2.05) is 24.3 Å². The molecule has 1 aliphatic heterocycles. The zero-order valence-corrected chi connectivity index (χ0v) is 14.3. The number of carbonyl (C=O) groups excluding carboxylic acids is 1. The average Bonchev–Trinajstić information content (AvgIpc) is 2.98. The number of aryl methyl sites for hydroxylation is 2. The second-order valence-electron chi connectivity index (χ2n) is 5.48. The number of benzene rings is 1. The minimum Gasteiger partial charge on any atom is -0.486 e.